The summed E-state index contributed by atoms with van der Waals surface area (Å²) < 4.78 is 35.5. The second-order valence-electron chi connectivity index (χ2n) is 17.7. The van der Waals surface area contributed by atoms with E-state index in [4.69, 9.17) is 19.2 Å². The molecule has 4 aliphatic rings. The first-order valence-electron chi connectivity index (χ1n) is 21.3. The molecule has 3 fully saturated rings. The van der Waals surface area contributed by atoms with Crippen LogP contribution in [0.3, 0.4) is 0 Å². The predicted molar refractivity (Wildman–Crippen MR) is 227 cm³/mol. The summed E-state index contributed by atoms with van der Waals surface area (Å²) in [6, 6.07) is 5.04. The monoisotopic (exact) mass is 845 g/mol. The van der Waals surface area contributed by atoms with Crippen molar-refractivity contribution in [3.05, 3.63) is 53.9 Å². The van der Waals surface area contributed by atoms with E-state index in [1.807, 2.05) is 52.0 Å². The third-order valence-electron chi connectivity index (χ3n) is 12.0. The summed E-state index contributed by atoms with van der Waals surface area (Å²) in [4.78, 5) is 63.5. The molecule has 3 aromatic rings. The summed E-state index contributed by atoms with van der Waals surface area (Å²) in [6.07, 6.45) is 10.2. The van der Waals surface area contributed by atoms with E-state index in [0.29, 0.717) is 60.0 Å². The number of carbonyl (C=O) groups is 4. The van der Waals surface area contributed by atoms with Crippen LogP contribution in [0.4, 0.5) is 0 Å². The topological polar surface area (TPSA) is 189 Å². The number of methoxy groups -OCH3 is 1. The van der Waals surface area contributed by atoms with Crippen LogP contribution in [-0.4, -0.2) is 96.1 Å². The fourth-order valence-electron chi connectivity index (χ4n) is 8.17. The maximum Gasteiger partial charge on any atom is 0.287 e. The van der Waals surface area contributed by atoms with Gasteiger partial charge in [-0.1, -0.05) is 38.8 Å². The number of hydrogen-bond donors (Lipinski definition) is 3. The second-order valence-corrected chi connectivity index (χ2v) is 19.5. The standard InChI is InChI=1S/C44H59N7O8S/c1-26(2)24-50-20-17-32(48-50)39(52)45-33-14-12-10-8-9-11-13-29-23-44(29,42(55)49-60(56)43(6)18-19-43)47-40(53)34-21-30(25-51(34)41(33)54)59-36-22-37(58-27(3)4)46-38-28(5)35(57-7)16-15-31(36)38/h11,13,15-17,20,22,26-27,29-30,33-34H,8-10,12,14,18-19,21,23-25H2,1-7H3,(H,45,52)(H,47,53)(H,49,55)/b13-11-/t29-,30-,33+,34+,44-,60?/m1/s1. The highest BCUT2D eigenvalue weighted by Gasteiger charge is 2.63. The molecule has 2 aromatic heterocycles. The molecule has 2 aliphatic carbocycles. The minimum absolute atomic E-state index is 0.0243. The molecule has 60 heavy (non-hydrogen) atoms. The first-order valence-corrected chi connectivity index (χ1v) is 22.4. The molecule has 0 spiro atoms. The van der Waals surface area contributed by atoms with E-state index >= 15 is 0 Å². The van der Waals surface area contributed by atoms with Crippen molar-refractivity contribution >= 4 is 45.9 Å². The molecular weight excluding hydrogens is 787 g/mol. The number of carbonyl (C=O) groups excluding carboxylic acids is 4. The van der Waals surface area contributed by atoms with Gasteiger partial charge >= 0.3 is 0 Å². The van der Waals surface area contributed by atoms with Gasteiger partial charge in [0.2, 0.25) is 17.7 Å². The molecular formula is C44H59N7O8S. The van der Waals surface area contributed by atoms with Gasteiger partial charge < -0.3 is 34.3 Å². The molecule has 2 aliphatic heterocycles. The van der Waals surface area contributed by atoms with Gasteiger partial charge in [-0.25, -0.2) is 4.98 Å². The van der Waals surface area contributed by atoms with E-state index in [9.17, 15) is 23.7 Å². The van der Waals surface area contributed by atoms with E-state index < -0.39 is 63.5 Å². The largest absolute Gasteiger partial charge is 0.593 e. The minimum atomic E-state index is -1.62. The third kappa shape index (κ3) is 9.39. The number of ether oxygens (including phenoxy) is 3. The molecule has 1 unspecified atom stereocenters. The summed E-state index contributed by atoms with van der Waals surface area (Å²) in [5, 5.41) is 11.2. The molecule has 7 rings (SSSR count). The van der Waals surface area contributed by atoms with Crippen molar-refractivity contribution in [1.82, 2.24) is 35.0 Å². The van der Waals surface area contributed by atoms with Gasteiger partial charge in [0, 0.05) is 54.9 Å². The lowest BCUT2D eigenvalue weighted by atomic mass is 10.0. The zero-order valence-electron chi connectivity index (χ0n) is 35.7. The molecule has 15 nitrogen and oxygen atoms in total. The third-order valence-corrected chi connectivity index (χ3v) is 13.6. The Kier molecular flexibility index (Phi) is 12.7. The molecule has 16 heteroatoms. The maximum atomic E-state index is 14.9. The highest BCUT2D eigenvalue weighted by molar-refractivity contribution is 7.91. The lowest BCUT2D eigenvalue weighted by Crippen LogP contribution is -2.58. The fourth-order valence-corrected chi connectivity index (χ4v) is 9.24. The minimum Gasteiger partial charge on any atom is -0.593 e. The number of nitrogens with one attached hydrogen (secondary N) is 3. The van der Waals surface area contributed by atoms with Crippen molar-refractivity contribution in [2.24, 2.45) is 11.8 Å². The Morgan fingerprint density at radius 2 is 1.88 bits per heavy atom. The number of fused-ring (bicyclic) bond motifs is 3. The van der Waals surface area contributed by atoms with Crippen molar-refractivity contribution < 1.29 is 37.9 Å². The van der Waals surface area contributed by atoms with Crippen LogP contribution in [0, 0.1) is 18.8 Å². The Balaban J connectivity index is 1.21. The van der Waals surface area contributed by atoms with Gasteiger partial charge in [0.15, 0.2) is 0 Å². The lowest BCUT2D eigenvalue weighted by Gasteiger charge is -2.30. The number of rotatable bonds is 12. The van der Waals surface area contributed by atoms with Crippen LogP contribution in [0.5, 0.6) is 17.4 Å². The van der Waals surface area contributed by atoms with Crippen LogP contribution in [0.1, 0.15) is 108 Å². The molecule has 6 atom stereocenters. The van der Waals surface area contributed by atoms with E-state index in [1.165, 1.54) is 4.90 Å². The smallest absolute Gasteiger partial charge is 0.287 e. The summed E-state index contributed by atoms with van der Waals surface area (Å²) in [5.41, 5.74) is 0.290. The van der Waals surface area contributed by atoms with Crippen molar-refractivity contribution in [1.29, 1.82) is 0 Å². The summed E-state index contributed by atoms with van der Waals surface area (Å²) in [6.45, 7) is 12.4. The Labute approximate surface area is 355 Å². The van der Waals surface area contributed by atoms with Crippen LogP contribution in [0.25, 0.3) is 10.9 Å². The van der Waals surface area contributed by atoms with Crippen LogP contribution < -0.4 is 29.6 Å². The first-order chi connectivity index (χ1) is 28.6. The van der Waals surface area contributed by atoms with Gasteiger partial charge in [0.05, 0.1) is 36.6 Å². The van der Waals surface area contributed by atoms with Gasteiger partial charge in [-0.3, -0.25) is 23.9 Å². The fraction of sp³-hybridized carbons (Fsp3) is 0.591. The summed E-state index contributed by atoms with van der Waals surface area (Å²) >= 11 is -1.62. The van der Waals surface area contributed by atoms with Gasteiger partial charge in [-0.15, -0.1) is 0 Å². The van der Waals surface area contributed by atoms with Crippen molar-refractivity contribution in [2.45, 2.75) is 140 Å². The van der Waals surface area contributed by atoms with Gasteiger partial charge in [-0.2, -0.15) is 9.82 Å². The molecule has 1 saturated heterocycles. The van der Waals surface area contributed by atoms with E-state index in [2.05, 4.69) is 34.3 Å². The lowest BCUT2D eigenvalue weighted by molar-refractivity contribution is -0.141. The average molecular weight is 846 g/mol. The first kappa shape index (κ1) is 43.3. The summed E-state index contributed by atoms with van der Waals surface area (Å²) in [5.74, 6) is -0.465. The number of allylic oxidation sites excluding steroid dienone is 1. The van der Waals surface area contributed by atoms with Crippen LogP contribution >= 0.6 is 0 Å². The van der Waals surface area contributed by atoms with Crippen LogP contribution in [0.2, 0.25) is 0 Å². The number of nitrogens with zero attached hydrogens (tertiary/aromatic N) is 4. The van der Waals surface area contributed by atoms with Crippen LogP contribution in [0.15, 0.2) is 42.6 Å². The molecule has 3 N–H and O–H groups in total. The molecule has 4 heterocycles. The van der Waals surface area contributed by atoms with E-state index in [-0.39, 0.29) is 30.7 Å². The highest BCUT2D eigenvalue weighted by Crippen LogP contribution is 2.47. The number of aryl methyl sites for hydroxylation is 1. The van der Waals surface area contributed by atoms with Gasteiger partial charge in [0.1, 0.15) is 45.7 Å². The average Bonchev–Trinajstić information content (AvgIpc) is 3.98. The van der Waals surface area contributed by atoms with Crippen LogP contribution in [-0.2, 0) is 32.3 Å². The van der Waals surface area contributed by atoms with Crippen molar-refractivity contribution in [2.75, 3.05) is 13.7 Å². The number of pyridine rings is 1. The zero-order chi connectivity index (χ0) is 42.9. The quantitative estimate of drug-likeness (QED) is 0.164. The molecule has 4 amide bonds. The number of hydrogen-bond acceptors (Lipinski definition) is 10. The maximum absolute atomic E-state index is 14.9. The van der Waals surface area contributed by atoms with E-state index in [0.717, 1.165) is 37.7 Å². The van der Waals surface area contributed by atoms with Crippen molar-refractivity contribution in [3.8, 4) is 17.4 Å². The molecule has 2 saturated carbocycles. The Bertz CT molecular complexity index is 2140. The zero-order valence-corrected chi connectivity index (χ0v) is 36.6. The second kappa shape index (κ2) is 17.6. The molecule has 324 valence electrons. The van der Waals surface area contributed by atoms with Gasteiger partial charge in [-0.05, 0) is 77.5 Å². The Hall–Kier alpha value is -4.83. The molecule has 0 bridgehead atoms. The highest BCUT2D eigenvalue weighted by atomic mass is 32.2. The molecule has 1 aromatic carbocycles. The Morgan fingerprint density at radius 3 is 2.60 bits per heavy atom. The Morgan fingerprint density at radius 1 is 1.10 bits per heavy atom. The van der Waals surface area contributed by atoms with Gasteiger partial charge in [0.25, 0.3) is 11.8 Å². The SMILES string of the molecule is COc1ccc2c(O[C@@H]3C[C@H]4C(=O)N[C@]5(C(=O)N[S+]([O-])C6(C)CC6)C[C@H]5/C=C\CCCCC[C@H](NC(=O)c5ccn(CC(C)C)n5)C(=O)N4C3)cc(OC(C)C)nc2c1C. The van der Waals surface area contributed by atoms with E-state index in [1.54, 1.807) is 30.1 Å². The predicted octanol–water partition coefficient (Wildman–Crippen LogP) is 5.07. The number of aromatic nitrogens is 3. The normalized spacial score (nSPS) is 26.3. The summed E-state index contributed by atoms with van der Waals surface area (Å²) in [7, 11) is 1.59. The number of benzene rings is 1. The molecule has 0 radical (unpaired) electrons. The van der Waals surface area contributed by atoms with Crippen molar-refractivity contribution in [3.63, 3.8) is 0 Å². The number of amides is 4.